The molecule has 0 unspecified atom stereocenters. The van der Waals surface area contributed by atoms with E-state index in [-0.39, 0.29) is 24.7 Å². The van der Waals surface area contributed by atoms with Gasteiger partial charge in [-0.05, 0) is 19.4 Å². The predicted molar refractivity (Wildman–Crippen MR) is 58.8 cm³/mol. The van der Waals surface area contributed by atoms with Gasteiger partial charge in [0.25, 0.3) is 5.92 Å². The van der Waals surface area contributed by atoms with E-state index in [9.17, 15) is 13.9 Å². The Labute approximate surface area is 97.3 Å². The number of hydrogen-bond donors (Lipinski definition) is 2. The number of rotatable bonds is 1. The van der Waals surface area contributed by atoms with Crippen molar-refractivity contribution < 1.29 is 13.9 Å². The van der Waals surface area contributed by atoms with Crippen LogP contribution in [-0.4, -0.2) is 39.7 Å². The summed E-state index contributed by atoms with van der Waals surface area (Å²) in [6.07, 6.45) is 1.38. The first-order chi connectivity index (χ1) is 7.82. The molecule has 2 rings (SSSR count). The van der Waals surface area contributed by atoms with E-state index in [1.54, 1.807) is 0 Å². The predicted octanol–water partition coefficient (Wildman–Crippen LogP) is 0.655. The van der Waals surface area contributed by atoms with Gasteiger partial charge in [0.15, 0.2) is 0 Å². The van der Waals surface area contributed by atoms with Crippen molar-refractivity contribution in [2.75, 3.05) is 23.7 Å². The third-order valence-corrected chi connectivity index (χ3v) is 2.99. The fourth-order valence-corrected chi connectivity index (χ4v) is 1.71. The molecule has 1 fully saturated rings. The molecule has 1 aromatic rings. The molecule has 0 amide bonds. The van der Waals surface area contributed by atoms with E-state index < -0.39 is 18.1 Å². The highest BCUT2D eigenvalue weighted by molar-refractivity contribution is 5.39. The molecular formula is C10H14F2N4O. The van der Waals surface area contributed by atoms with Crippen molar-refractivity contribution >= 4 is 11.8 Å². The van der Waals surface area contributed by atoms with Crippen molar-refractivity contribution in [1.29, 1.82) is 0 Å². The molecule has 3 N–H and O–H groups in total. The van der Waals surface area contributed by atoms with Crippen LogP contribution in [0.15, 0.2) is 12.3 Å². The van der Waals surface area contributed by atoms with Crippen LogP contribution < -0.4 is 10.6 Å². The van der Waals surface area contributed by atoms with Crippen molar-refractivity contribution in [2.45, 2.75) is 24.9 Å². The summed E-state index contributed by atoms with van der Waals surface area (Å²) in [6.45, 7) is 0.806. The monoisotopic (exact) mass is 244 g/mol. The Bertz CT molecular complexity index is 425. The van der Waals surface area contributed by atoms with Crippen LogP contribution in [0.25, 0.3) is 0 Å². The van der Waals surface area contributed by atoms with Crippen LogP contribution in [0.4, 0.5) is 20.5 Å². The van der Waals surface area contributed by atoms with E-state index >= 15 is 0 Å². The third-order valence-electron chi connectivity index (χ3n) is 2.99. The van der Waals surface area contributed by atoms with Crippen LogP contribution in [-0.2, 0) is 0 Å². The number of nitrogens with zero attached hydrogens (tertiary/aromatic N) is 3. The fraction of sp³-hybridized carbons (Fsp3) is 0.600. The Morgan fingerprint density at radius 2 is 2.24 bits per heavy atom. The number of alkyl halides is 2. The molecule has 1 atom stereocenters. The SMILES string of the molecule is C[C@@]1(O)CCN(c2nccc(N)n2)CC1(F)F. The van der Waals surface area contributed by atoms with E-state index in [1.165, 1.54) is 17.2 Å². The number of nitrogens with two attached hydrogens (primary N) is 1. The summed E-state index contributed by atoms with van der Waals surface area (Å²) in [5.41, 5.74) is 3.49. The van der Waals surface area contributed by atoms with Crippen LogP contribution in [0.5, 0.6) is 0 Å². The van der Waals surface area contributed by atoms with Crippen LogP contribution in [0.2, 0.25) is 0 Å². The lowest BCUT2D eigenvalue weighted by Crippen LogP contribution is -2.59. The van der Waals surface area contributed by atoms with E-state index in [0.717, 1.165) is 6.92 Å². The van der Waals surface area contributed by atoms with Crippen LogP contribution in [0.3, 0.4) is 0 Å². The summed E-state index contributed by atoms with van der Waals surface area (Å²) in [7, 11) is 0. The maximum Gasteiger partial charge on any atom is 0.293 e. The highest BCUT2D eigenvalue weighted by atomic mass is 19.3. The summed E-state index contributed by atoms with van der Waals surface area (Å²) in [5, 5.41) is 9.58. The number of aromatic nitrogens is 2. The summed E-state index contributed by atoms with van der Waals surface area (Å²) in [6, 6.07) is 1.49. The highest BCUT2D eigenvalue weighted by Crippen LogP contribution is 2.37. The van der Waals surface area contributed by atoms with Gasteiger partial charge in [-0.3, -0.25) is 0 Å². The normalized spacial score (nSPS) is 28.1. The van der Waals surface area contributed by atoms with Crippen molar-refractivity contribution in [2.24, 2.45) is 0 Å². The minimum Gasteiger partial charge on any atom is -0.384 e. The van der Waals surface area contributed by atoms with Gasteiger partial charge in [0, 0.05) is 12.7 Å². The topological polar surface area (TPSA) is 75.3 Å². The fourth-order valence-electron chi connectivity index (χ4n) is 1.71. The van der Waals surface area contributed by atoms with Gasteiger partial charge >= 0.3 is 0 Å². The number of hydrogen-bond acceptors (Lipinski definition) is 5. The summed E-state index contributed by atoms with van der Waals surface area (Å²) in [4.78, 5) is 9.11. The smallest absolute Gasteiger partial charge is 0.293 e. The molecule has 17 heavy (non-hydrogen) atoms. The van der Waals surface area contributed by atoms with Crippen molar-refractivity contribution in [3.63, 3.8) is 0 Å². The molecule has 94 valence electrons. The lowest BCUT2D eigenvalue weighted by molar-refractivity contribution is -0.177. The maximum absolute atomic E-state index is 13.6. The number of aliphatic hydroxyl groups is 1. The van der Waals surface area contributed by atoms with Gasteiger partial charge in [-0.25, -0.2) is 13.8 Å². The second-order valence-electron chi connectivity index (χ2n) is 4.43. The minimum atomic E-state index is -3.20. The largest absolute Gasteiger partial charge is 0.384 e. The zero-order chi connectivity index (χ0) is 12.7. The quantitative estimate of drug-likeness (QED) is 0.758. The van der Waals surface area contributed by atoms with Crippen LogP contribution >= 0.6 is 0 Å². The average molecular weight is 244 g/mol. The molecule has 1 aliphatic heterocycles. The molecule has 0 radical (unpaired) electrons. The molecule has 7 heteroatoms. The first-order valence-electron chi connectivity index (χ1n) is 5.25. The second-order valence-corrected chi connectivity index (χ2v) is 4.43. The Hall–Kier alpha value is -1.50. The molecule has 2 heterocycles. The van der Waals surface area contributed by atoms with E-state index in [2.05, 4.69) is 9.97 Å². The lowest BCUT2D eigenvalue weighted by Gasteiger charge is -2.42. The Morgan fingerprint density at radius 3 is 2.82 bits per heavy atom. The molecular weight excluding hydrogens is 230 g/mol. The van der Waals surface area contributed by atoms with Gasteiger partial charge in [0.2, 0.25) is 5.95 Å². The van der Waals surface area contributed by atoms with E-state index in [4.69, 9.17) is 5.73 Å². The van der Waals surface area contributed by atoms with Gasteiger partial charge in [-0.15, -0.1) is 0 Å². The molecule has 0 spiro atoms. The Morgan fingerprint density at radius 1 is 1.53 bits per heavy atom. The Kier molecular flexibility index (Phi) is 2.65. The van der Waals surface area contributed by atoms with Gasteiger partial charge in [0.05, 0.1) is 6.54 Å². The zero-order valence-corrected chi connectivity index (χ0v) is 9.40. The van der Waals surface area contributed by atoms with E-state index in [0.29, 0.717) is 0 Å². The van der Waals surface area contributed by atoms with Gasteiger partial charge < -0.3 is 15.7 Å². The molecule has 0 aromatic carbocycles. The number of anilines is 2. The van der Waals surface area contributed by atoms with E-state index in [1.807, 2.05) is 0 Å². The summed E-state index contributed by atoms with van der Waals surface area (Å²) < 4.78 is 27.3. The highest BCUT2D eigenvalue weighted by Gasteiger charge is 2.53. The van der Waals surface area contributed by atoms with Crippen LogP contribution in [0.1, 0.15) is 13.3 Å². The zero-order valence-electron chi connectivity index (χ0n) is 9.40. The lowest BCUT2D eigenvalue weighted by atomic mass is 9.90. The maximum atomic E-state index is 13.6. The second kappa shape index (κ2) is 3.76. The molecule has 1 aromatic heterocycles. The number of piperidine rings is 1. The van der Waals surface area contributed by atoms with Gasteiger partial charge in [-0.1, -0.05) is 0 Å². The standard InChI is InChI=1S/C10H14F2N4O/c1-9(17)3-5-16(6-10(9,11)12)8-14-4-2-7(13)15-8/h2,4,17H,3,5-6H2,1H3,(H2,13,14,15)/t9-/m1/s1. The molecule has 1 saturated heterocycles. The van der Waals surface area contributed by atoms with Gasteiger partial charge in [-0.2, -0.15) is 4.98 Å². The first-order valence-corrected chi connectivity index (χ1v) is 5.25. The van der Waals surface area contributed by atoms with Crippen molar-refractivity contribution in [3.8, 4) is 0 Å². The van der Waals surface area contributed by atoms with Crippen molar-refractivity contribution in [1.82, 2.24) is 9.97 Å². The summed E-state index contributed by atoms with van der Waals surface area (Å²) in [5.74, 6) is -2.80. The average Bonchev–Trinajstić information content (AvgIpc) is 2.22. The molecule has 1 aliphatic rings. The third kappa shape index (κ3) is 2.14. The molecule has 0 saturated carbocycles. The number of halogens is 2. The van der Waals surface area contributed by atoms with Crippen molar-refractivity contribution in [3.05, 3.63) is 12.3 Å². The Balaban J connectivity index is 2.21. The summed E-state index contributed by atoms with van der Waals surface area (Å²) >= 11 is 0. The minimum absolute atomic E-state index is 0.0435. The molecule has 0 bridgehead atoms. The first kappa shape index (κ1) is 12.0. The van der Waals surface area contributed by atoms with Gasteiger partial charge in [0.1, 0.15) is 11.4 Å². The van der Waals surface area contributed by atoms with Crippen LogP contribution in [0, 0.1) is 0 Å². The number of nitrogen functional groups attached to an aromatic ring is 1. The molecule has 5 nitrogen and oxygen atoms in total. The molecule has 0 aliphatic carbocycles.